The molecule has 1 aliphatic carbocycles. The van der Waals surface area contributed by atoms with Gasteiger partial charge in [-0.25, -0.2) is 21.6 Å². The maximum atomic E-state index is 12.8. The van der Waals surface area contributed by atoms with Gasteiger partial charge in [-0.1, -0.05) is 17.3 Å². The number of aromatic amines is 1. The second-order valence-electron chi connectivity index (χ2n) is 11.8. The van der Waals surface area contributed by atoms with E-state index in [0.29, 0.717) is 35.4 Å². The summed E-state index contributed by atoms with van der Waals surface area (Å²) in [5.74, 6) is -1.24. The van der Waals surface area contributed by atoms with Crippen LogP contribution in [-0.4, -0.2) is 75.9 Å². The van der Waals surface area contributed by atoms with E-state index in [1.165, 1.54) is 67.5 Å². The molecular weight excluding hydrogens is 703 g/mol. The quantitative estimate of drug-likeness (QED) is 0.202. The molecule has 2 heterocycles. The fourth-order valence-corrected chi connectivity index (χ4v) is 7.13. The number of nitrogens with one attached hydrogen (secondary N) is 3. The molecule has 1 fully saturated rings. The molecule has 3 N–H and O–H groups in total. The van der Waals surface area contributed by atoms with Crippen molar-refractivity contribution in [3.05, 3.63) is 111 Å². The van der Waals surface area contributed by atoms with Crippen molar-refractivity contribution < 1.29 is 40.8 Å². The Morgan fingerprint density at radius 2 is 1.63 bits per heavy atom. The third kappa shape index (κ3) is 8.26. The zero-order valence-electron chi connectivity index (χ0n) is 28.1. The largest absolute Gasteiger partial charge is 0.496 e. The number of nitrogens with zero attached hydrogens (tertiary/aromatic N) is 2. The van der Waals surface area contributed by atoms with Gasteiger partial charge in [0.2, 0.25) is 0 Å². The van der Waals surface area contributed by atoms with Gasteiger partial charge in [0.15, 0.2) is 15.6 Å². The SMILES string of the molecule is COc1ccccc1C(=O)NS(=O)(=O)c1ccc(C(=O)NC2CC2)cc1.Cc1c(C(=O)c2c[nH]n(C)c2=O)ccc(S(C)(=O)=O)c1C1=NOCC1. The summed E-state index contributed by atoms with van der Waals surface area (Å²) in [7, 11) is -4.69. The third-order valence-corrected chi connectivity index (χ3v) is 10.6. The molecule has 0 radical (unpaired) electrons. The smallest absolute Gasteiger partial charge is 0.277 e. The van der Waals surface area contributed by atoms with Crippen LogP contribution < -0.4 is 20.3 Å². The minimum Gasteiger partial charge on any atom is -0.496 e. The highest BCUT2D eigenvalue weighted by atomic mass is 32.2. The number of para-hydroxylation sites is 1. The van der Waals surface area contributed by atoms with Crippen molar-refractivity contribution in [3.8, 4) is 5.75 Å². The first kappa shape index (κ1) is 36.7. The Hall–Kier alpha value is -5.55. The van der Waals surface area contributed by atoms with Crippen molar-refractivity contribution in [2.75, 3.05) is 20.0 Å². The summed E-state index contributed by atoms with van der Waals surface area (Å²) in [6, 6.07) is 14.8. The van der Waals surface area contributed by atoms with Crippen LogP contribution in [0.3, 0.4) is 0 Å². The average Bonchev–Trinajstić information content (AvgIpc) is 3.62. The van der Waals surface area contributed by atoms with Crippen molar-refractivity contribution >= 4 is 43.2 Å². The van der Waals surface area contributed by atoms with Crippen molar-refractivity contribution in [3.63, 3.8) is 0 Å². The van der Waals surface area contributed by atoms with Crippen LogP contribution in [0.25, 0.3) is 0 Å². The Bertz CT molecular complexity index is 2320. The van der Waals surface area contributed by atoms with Crippen LogP contribution in [0.4, 0.5) is 0 Å². The first-order valence-electron chi connectivity index (χ1n) is 15.6. The van der Waals surface area contributed by atoms with Crippen LogP contribution in [0.15, 0.2) is 86.6 Å². The number of ether oxygens (including phenoxy) is 1. The van der Waals surface area contributed by atoms with Gasteiger partial charge in [-0.05, 0) is 73.9 Å². The van der Waals surface area contributed by atoms with Crippen molar-refractivity contribution in [2.45, 2.75) is 42.0 Å². The monoisotopic (exact) mass is 737 g/mol. The van der Waals surface area contributed by atoms with Crippen molar-refractivity contribution in [2.24, 2.45) is 12.2 Å². The maximum Gasteiger partial charge on any atom is 0.277 e. The number of methoxy groups -OCH3 is 1. The molecule has 4 aromatic rings. The van der Waals surface area contributed by atoms with E-state index in [2.05, 4.69) is 15.6 Å². The van der Waals surface area contributed by atoms with E-state index in [9.17, 15) is 36.0 Å². The zero-order chi connectivity index (χ0) is 37.1. The third-order valence-electron chi connectivity index (χ3n) is 8.06. The summed E-state index contributed by atoms with van der Waals surface area (Å²) in [5, 5.41) is 9.38. The number of hydrogen-bond donors (Lipinski definition) is 3. The highest BCUT2D eigenvalue weighted by Gasteiger charge is 2.28. The first-order chi connectivity index (χ1) is 24.1. The van der Waals surface area contributed by atoms with Gasteiger partial charge >= 0.3 is 0 Å². The molecule has 1 saturated carbocycles. The van der Waals surface area contributed by atoms with Crippen LogP contribution in [0.5, 0.6) is 5.75 Å². The Balaban J connectivity index is 0.000000198. The van der Waals surface area contributed by atoms with Gasteiger partial charge in [0.1, 0.15) is 17.9 Å². The summed E-state index contributed by atoms with van der Waals surface area (Å²) in [6.07, 6.45) is 4.82. The number of H-pyrrole nitrogens is 1. The molecule has 0 spiro atoms. The second-order valence-corrected chi connectivity index (χ2v) is 15.5. The number of carbonyl (C=O) groups excluding carboxylic acids is 3. The van der Waals surface area contributed by atoms with E-state index < -0.39 is 37.1 Å². The lowest BCUT2D eigenvalue weighted by Crippen LogP contribution is -2.31. The van der Waals surface area contributed by atoms with E-state index in [1.54, 1.807) is 25.1 Å². The minimum atomic E-state index is -4.07. The molecule has 1 aromatic heterocycles. The molecule has 0 saturated heterocycles. The highest BCUT2D eigenvalue weighted by molar-refractivity contribution is 7.91. The van der Waals surface area contributed by atoms with Crippen molar-refractivity contribution in [1.82, 2.24) is 19.8 Å². The second kappa shape index (κ2) is 14.7. The standard InChI is InChI=1S/C18H18N2O5S.C16H17N3O5S/c1-25-16-5-3-2-4-15(16)18(22)20-26(23,24)14-10-6-12(7-11-14)17(21)19-13-8-9-13;1-9-10(15(20)11-8-17-19(2)16(11)21)4-5-13(25(3,22)23)14(9)12-6-7-24-18-12/h2-7,10-11,13H,8-9H2,1H3,(H,19,21)(H,20,22);4-5,8,17H,6-7H2,1-3H3. The normalized spacial score (nSPS) is 14.0. The number of benzene rings is 3. The summed E-state index contributed by atoms with van der Waals surface area (Å²) in [6.45, 7) is 2.00. The molecule has 17 heteroatoms. The van der Waals surface area contributed by atoms with Crippen LogP contribution in [0.1, 0.15) is 67.0 Å². The topological polar surface area (TPSA) is 212 Å². The molecule has 15 nitrogen and oxygen atoms in total. The number of ketones is 1. The summed E-state index contributed by atoms with van der Waals surface area (Å²) in [4.78, 5) is 54.0. The number of amides is 2. The fraction of sp³-hybridized carbons (Fsp3) is 0.265. The Morgan fingerprint density at radius 1 is 0.941 bits per heavy atom. The Kier molecular flexibility index (Phi) is 10.6. The molecule has 1 aliphatic heterocycles. The van der Waals surface area contributed by atoms with E-state index in [1.807, 2.05) is 4.72 Å². The molecule has 268 valence electrons. The molecule has 0 atom stereocenters. The fourth-order valence-electron chi connectivity index (χ4n) is 5.20. The van der Waals surface area contributed by atoms with Gasteiger partial charge < -0.3 is 20.0 Å². The minimum absolute atomic E-state index is 0.00623. The highest BCUT2D eigenvalue weighted by Crippen LogP contribution is 2.28. The molecule has 2 amide bonds. The lowest BCUT2D eigenvalue weighted by atomic mass is 9.93. The maximum absolute atomic E-state index is 12.8. The number of oxime groups is 1. The number of aryl methyl sites for hydroxylation is 1. The van der Waals surface area contributed by atoms with Gasteiger partial charge in [-0.3, -0.25) is 23.9 Å². The van der Waals surface area contributed by atoms with Gasteiger partial charge in [-0.2, -0.15) is 0 Å². The van der Waals surface area contributed by atoms with E-state index in [-0.39, 0.29) is 44.2 Å². The lowest BCUT2D eigenvalue weighted by Gasteiger charge is -2.13. The van der Waals surface area contributed by atoms with Crippen LogP contribution in [-0.2, 0) is 31.7 Å². The predicted molar refractivity (Wildman–Crippen MR) is 185 cm³/mol. The van der Waals surface area contributed by atoms with Crippen LogP contribution in [0.2, 0.25) is 0 Å². The van der Waals surface area contributed by atoms with E-state index in [0.717, 1.165) is 19.1 Å². The van der Waals surface area contributed by atoms with Gasteiger partial charge in [0, 0.05) is 48.7 Å². The summed E-state index contributed by atoms with van der Waals surface area (Å²) in [5.41, 5.74) is 1.60. The number of rotatable bonds is 10. The molecule has 6 rings (SSSR count). The van der Waals surface area contributed by atoms with E-state index in [4.69, 9.17) is 9.57 Å². The average molecular weight is 738 g/mol. The predicted octanol–water partition coefficient (Wildman–Crippen LogP) is 2.49. The zero-order valence-corrected chi connectivity index (χ0v) is 29.7. The first-order valence-corrected chi connectivity index (χ1v) is 18.9. The Morgan fingerprint density at radius 3 is 2.20 bits per heavy atom. The van der Waals surface area contributed by atoms with Crippen LogP contribution >= 0.6 is 0 Å². The van der Waals surface area contributed by atoms with Crippen molar-refractivity contribution in [1.29, 1.82) is 0 Å². The molecule has 2 aliphatic rings. The van der Waals surface area contributed by atoms with E-state index >= 15 is 0 Å². The van der Waals surface area contributed by atoms with Crippen LogP contribution in [0, 0.1) is 6.92 Å². The number of sulfone groups is 1. The molecule has 0 bridgehead atoms. The van der Waals surface area contributed by atoms with Gasteiger partial charge in [0.05, 0.1) is 28.2 Å². The number of hydrogen-bond acceptors (Lipinski definition) is 11. The molecule has 0 unspecified atom stereocenters. The summed E-state index contributed by atoms with van der Waals surface area (Å²) < 4.78 is 57.4. The molecule has 51 heavy (non-hydrogen) atoms. The molecule has 3 aromatic carbocycles. The molecular formula is C34H35N5O10S2. The number of sulfonamides is 1. The Labute approximate surface area is 293 Å². The number of aromatic nitrogens is 2. The number of carbonyl (C=O) groups is 3. The lowest BCUT2D eigenvalue weighted by molar-refractivity contribution is 0.0947. The van der Waals surface area contributed by atoms with Gasteiger partial charge in [0.25, 0.3) is 27.4 Å². The summed E-state index contributed by atoms with van der Waals surface area (Å²) >= 11 is 0. The van der Waals surface area contributed by atoms with Gasteiger partial charge in [-0.15, -0.1) is 0 Å².